The van der Waals surface area contributed by atoms with E-state index in [1.165, 1.54) is 5.56 Å². The number of nitrogens with one attached hydrogen (secondary N) is 1. The largest absolute Gasteiger partial charge is 0.352 e. The van der Waals surface area contributed by atoms with E-state index in [9.17, 15) is 4.79 Å². The number of amides is 1. The van der Waals surface area contributed by atoms with Crippen LogP contribution in [0.4, 0.5) is 0 Å². The predicted molar refractivity (Wildman–Crippen MR) is 85.7 cm³/mol. The molecule has 22 heavy (non-hydrogen) atoms. The molecule has 0 bridgehead atoms. The Balaban J connectivity index is 1.35. The number of carbonyl (C=O) groups excluding carboxylic acids is 1. The number of nitrogens with zero attached hydrogens (tertiary/aromatic N) is 4. The Hall–Kier alpha value is -1.40. The van der Waals surface area contributed by atoms with E-state index in [4.69, 9.17) is 0 Å². The van der Waals surface area contributed by atoms with Crippen LogP contribution in [0.15, 0.2) is 12.4 Å². The number of piperidine rings is 1. The highest BCUT2D eigenvalue weighted by molar-refractivity contribution is 5.78. The van der Waals surface area contributed by atoms with Crippen LogP contribution in [0.5, 0.6) is 0 Å². The lowest BCUT2D eigenvalue weighted by Crippen LogP contribution is -2.53. The van der Waals surface area contributed by atoms with E-state index in [1.807, 2.05) is 10.9 Å². The van der Waals surface area contributed by atoms with Gasteiger partial charge in [0.05, 0.1) is 18.8 Å². The van der Waals surface area contributed by atoms with Crippen LogP contribution in [-0.4, -0.2) is 70.8 Å². The van der Waals surface area contributed by atoms with E-state index in [1.54, 1.807) is 0 Å². The van der Waals surface area contributed by atoms with Gasteiger partial charge in [0.2, 0.25) is 5.91 Å². The molecule has 6 nitrogen and oxygen atoms in total. The fourth-order valence-corrected chi connectivity index (χ4v) is 3.34. The Morgan fingerprint density at radius 3 is 2.64 bits per heavy atom. The Morgan fingerprint density at radius 2 is 2.05 bits per heavy atom. The van der Waals surface area contributed by atoms with Gasteiger partial charge in [-0.15, -0.1) is 0 Å². The maximum atomic E-state index is 12.1. The van der Waals surface area contributed by atoms with Gasteiger partial charge in [0, 0.05) is 38.4 Å². The SMILES string of the molecule is CCN1CCC(NC(=O)CN2CC(n3cc(C)cn3)C2)CC1. The number of carbonyl (C=O) groups is 1. The van der Waals surface area contributed by atoms with Crippen molar-refractivity contribution < 1.29 is 4.79 Å². The van der Waals surface area contributed by atoms with Gasteiger partial charge in [0.15, 0.2) is 0 Å². The summed E-state index contributed by atoms with van der Waals surface area (Å²) in [5.41, 5.74) is 1.19. The monoisotopic (exact) mass is 305 g/mol. The highest BCUT2D eigenvalue weighted by Gasteiger charge is 2.30. The topological polar surface area (TPSA) is 53.4 Å². The van der Waals surface area contributed by atoms with Crippen molar-refractivity contribution in [3.8, 4) is 0 Å². The minimum absolute atomic E-state index is 0.171. The van der Waals surface area contributed by atoms with Crippen LogP contribution in [-0.2, 0) is 4.79 Å². The Bertz CT molecular complexity index is 500. The summed E-state index contributed by atoms with van der Waals surface area (Å²) in [5, 5.41) is 7.54. The van der Waals surface area contributed by atoms with Gasteiger partial charge in [-0.05, 0) is 31.9 Å². The number of likely N-dealkylation sites (tertiary alicyclic amines) is 2. The van der Waals surface area contributed by atoms with Crippen LogP contribution in [0, 0.1) is 6.92 Å². The average Bonchev–Trinajstić information content (AvgIpc) is 2.89. The van der Waals surface area contributed by atoms with Crippen molar-refractivity contribution in [2.45, 2.75) is 38.8 Å². The smallest absolute Gasteiger partial charge is 0.234 e. The molecule has 1 N–H and O–H groups in total. The van der Waals surface area contributed by atoms with Crippen molar-refractivity contribution in [2.75, 3.05) is 39.3 Å². The third kappa shape index (κ3) is 3.67. The van der Waals surface area contributed by atoms with E-state index < -0.39 is 0 Å². The molecule has 6 heteroatoms. The number of hydrogen-bond acceptors (Lipinski definition) is 4. The maximum absolute atomic E-state index is 12.1. The highest BCUT2D eigenvalue weighted by Crippen LogP contribution is 2.20. The Morgan fingerprint density at radius 1 is 1.32 bits per heavy atom. The molecule has 0 radical (unpaired) electrons. The van der Waals surface area contributed by atoms with Crippen molar-refractivity contribution in [3.63, 3.8) is 0 Å². The minimum Gasteiger partial charge on any atom is -0.352 e. The summed E-state index contributed by atoms with van der Waals surface area (Å²) in [6, 6.07) is 0.787. The molecule has 1 aromatic heterocycles. The van der Waals surface area contributed by atoms with Crippen molar-refractivity contribution in [1.29, 1.82) is 0 Å². The molecule has 2 aliphatic heterocycles. The predicted octanol–water partition coefficient (Wildman–Crippen LogP) is 0.649. The quantitative estimate of drug-likeness (QED) is 0.868. The average molecular weight is 305 g/mol. The zero-order chi connectivity index (χ0) is 15.5. The molecule has 2 saturated heterocycles. The molecule has 2 aliphatic rings. The summed E-state index contributed by atoms with van der Waals surface area (Å²) in [5.74, 6) is 0.171. The van der Waals surface area contributed by atoms with E-state index >= 15 is 0 Å². The molecular formula is C16H27N5O. The second-order valence-electron chi connectivity index (χ2n) is 6.62. The van der Waals surface area contributed by atoms with Crippen LogP contribution in [0.25, 0.3) is 0 Å². The molecule has 0 aromatic carbocycles. The highest BCUT2D eigenvalue weighted by atomic mass is 16.2. The molecule has 0 saturated carbocycles. The Labute approximate surface area is 132 Å². The first-order valence-corrected chi connectivity index (χ1v) is 8.39. The van der Waals surface area contributed by atoms with E-state index in [0.29, 0.717) is 18.6 Å². The van der Waals surface area contributed by atoms with Crippen LogP contribution >= 0.6 is 0 Å². The summed E-state index contributed by atoms with van der Waals surface area (Å²) >= 11 is 0. The summed E-state index contributed by atoms with van der Waals surface area (Å²) < 4.78 is 2.02. The lowest BCUT2D eigenvalue weighted by atomic mass is 10.0. The molecule has 0 spiro atoms. The molecule has 1 aromatic rings. The molecule has 1 amide bonds. The number of aryl methyl sites for hydroxylation is 1. The first-order valence-electron chi connectivity index (χ1n) is 8.39. The number of rotatable bonds is 5. The van der Waals surface area contributed by atoms with Crippen LogP contribution in [0.3, 0.4) is 0 Å². The van der Waals surface area contributed by atoms with Crippen molar-refractivity contribution in [3.05, 3.63) is 18.0 Å². The van der Waals surface area contributed by atoms with Gasteiger partial charge in [-0.1, -0.05) is 6.92 Å². The first-order chi connectivity index (χ1) is 10.6. The first kappa shape index (κ1) is 15.5. The van der Waals surface area contributed by atoms with E-state index in [-0.39, 0.29) is 5.91 Å². The molecular weight excluding hydrogens is 278 g/mol. The molecule has 3 rings (SSSR count). The van der Waals surface area contributed by atoms with Crippen LogP contribution in [0.2, 0.25) is 0 Å². The Kier molecular flexibility index (Phi) is 4.78. The third-order valence-corrected chi connectivity index (χ3v) is 4.81. The standard InChI is InChI=1S/C16H27N5O/c1-3-19-6-4-14(5-7-19)18-16(22)12-20-10-15(11-20)21-9-13(2)8-17-21/h8-9,14-15H,3-7,10-12H2,1-2H3,(H,18,22). The van der Waals surface area contributed by atoms with E-state index in [0.717, 1.165) is 45.6 Å². The van der Waals surface area contributed by atoms with Gasteiger partial charge < -0.3 is 10.2 Å². The van der Waals surface area contributed by atoms with E-state index in [2.05, 4.69) is 40.3 Å². The maximum Gasteiger partial charge on any atom is 0.234 e. The lowest BCUT2D eigenvalue weighted by Gasteiger charge is -2.39. The van der Waals surface area contributed by atoms with Gasteiger partial charge in [0.25, 0.3) is 0 Å². The fraction of sp³-hybridized carbons (Fsp3) is 0.750. The second-order valence-corrected chi connectivity index (χ2v) is 6.62. The van der Waals surface area contributed by atoms with Gasteiger partial charge in [-0.2, -0.15) is 5.10 Å². The summed E-state index contributed by atoms with van der Waals surface area (Å²) in [4.78, 5) is 16.8. The normalized spacial score (nSPS) is 21.7. The van der Waals surface area contributed by atoms with Crippen LogP contribution in [0.1, 0.15) is 31.4 Å². The molecule has 122 valence electrons. The summed E-state index contributed by atoms with van der Waals surface area (Å²) in [6.07, 6.45) is 6.12. The van der Waals surface area contributed by atoms with Crippen molar-refractivity contribution in [1.82, 2.24) is 24.9 Å². The third-order valence-electron chi connectivity index (χ3n) is 4.81. The second kappa shape index (κ2) is 6.79. The van der Waals surface area contributed by atoms with Gasteiger partial charge in [-0.25, -0.2) is 0 Å². The van der Waals surface area contributed by atoms with Crippen LogP contribution < -0.4 is 5.32 Å². The molecule has 0 aliphatic carbocycles. The molecule has 0 atom stereocenters. The lowest BCUT2D eigenvalue weighted by molar-refractivity contribution is -0.124. The zero-order valence-corrected chi connectivity index (χ0v) is 13.7. The molecule has 0 unspecified atom stereocenters. The van der Waals surface area contributed by atoms with Gasteiger partial charge >= 0.3 is 0 Å². The van der Waals surface area contributed by atoms with Crippen molar-refractivity contribution in [2.24, 2.45) is 0 Å². The number of hydrogen-bond donors (Lipinski definition) is 1. The summed E-state index contributed by atoms with van der Waals surface area (Å²) in [6.45, 7) is 9.93. The number of aromatic nitrogens is 2. The van der Waals surface area contributed by atoms with Gasteiger partial charge in [-0.3, -0.25) is 14.4 Å². The van der Waals surface area contributed by atoms with Gasteiger partial charge in [0.1, 0.15) is 0 Å². The fourth-order valence-electron chi connectivity index (χ4n) is 3.34. The molecule has 3 heterocycles. The van der Waals surface area contributed by atoms with Crippen molar-refractivity contribution >= 4 is 5.91 Å². The summed E-state index contributed by atoms with van der Waals surface area (Å²) in [7, 11) is 0. The molecule has 2 fully saturated rings. The zero-order valence-electron chi connectivity index (χ0n) is 13.7. The minimum atomic E-state index is 0.171.